The van der Waals surface area contributed by atoms with Gasteiger partial charge in [0.15, 0.2) is 0 Å². The van der Waals surface area contributed by atoms with Gasteiger partial charge in [0, 0.05) is 62.2 Å². The lowest BCUT2D eigenvalue weighted by Crippen LogP contribution is -2.42. The third-order valence-corrected chi connectivity index (χ3v) is 5.49. The molecule has 1 saturated heterocycles. The van der Waals surface area contributed by atoms with Crippen LogP contribution in [-0.2, 0) is 18.3 Å². The Kier molecular flexibility index (Phi) is 5.76. The van der Waals surface area contributed by atoms with Gasteiger partial charge in [-0.1, -0.05) is 18.2 Å². The molecule has 4 rings (SSSR count). The maximum atomic E-state index is 11.7. The molecule has 1 aliphatic heterocycles. The largest absolute Gasteiger partial charge is 0.462 e. The monoisotopic (exact) mass is 393 g/mol. The number of esters is 1. The van der Waals surface area contributed by atoms with Crippen molar-refractivity contribution in [3.05, 3.63) is 54.0 Å². The van der Waals surface area contributed by atoms with Crippen LogP contribution in [0.2, 0.25) is 0 Å². The molecule has 2 aromatic heterocycles. The van der Waals surface area contributed by atoms with Crippen LogP contribution in [0.4, 0.5) is 5.95 Å². The number of hydrogen-bond acceptors (Lipinski definition) is 6. The molecule has 0 spiro atoms. The molecule has 7 nitrogen and oxygen atoms in total. The number of aromatic nitrogens is 3. The summed E-state index contributed by atoms with van der Waals surface area (Å²) in [4.78, 5) is 22.6. The molecule has 3 heterocycles. The molecular weight excluding hydrogens is 366 g/mol. The van der Waals surface area contributed by atoms with Crippen LogP contribution in [0, 0.1) is 0 Å². The number of anilines is 1. The third-order valence-electron chi connectivity index (χ3n) is 5.49. The Balaban J connectivity index is 1.31. The fraction of sp³-hybridized carbons (Fsp3) is 0.409. The summed E-state index contributed by atoms with van der Waals surface area (Å²) < 4.78 is 7.16. The van der Waals surface area contributed by atoms with Gasteiger partial charge < -0.3 is 19.5 Å². The number of piperidine rings is 1. The van der Waals surface area contributed by atoms with Gasteiger partial charge in [0.2, 0.25) is 5.95 Å². The normalized spacial score (nSPS) is 15.0. The second-order valence-electron chi connectivity index (χ2n) is 7.42. The molecule has 29 heavy (non-hydrogen) atoms. The quantitative estimate of drug-likeness (QED) is 0.649. The summed E-state index contributed by atoms with van der Waals surface area (Å²) in [6.07, 6.45) is 7.38. The summed E-state index contributed by atoms with van der Waals surface area (Å²) in [6, 6.07) is 8.99. The number of rotatable bonds is 6. The Hall–Kier alpha value is -2.93. The molecule has 1 aliphatic rings. The van der Waals surface area contributed by atoms with E-state index in [0.717, 1.165) is 32.5 Å². The highest BCUT2D eigenvalue weighted by molar-refractivity contribution is 5.88. The van der Waals surface area contributed by atoms with Gasteiger partial charge in [-0.3, -0.25) is 0 Å². The zero-order chi connectivity index (χ0) is 20.2. The highest BCUT2D eigenvalue weighted by Gasteiger charge is 2.21. The van der Waals surface area contributed by atoms with E-state index in [1.165, 1.54) is 16.5 Å². The SMILES string of the molecule is CCOC(=O)c1cnc(N2CCC(NCc3cn(C)c4ccccc34)CC2)nc1. The van der Waals surface area contributed by atoms with E-state index in [-0.39, 0.29) is 5.97 Å². The Bertz CT molecular complexity index is 975. The number of benzene rings is 1. The van der Waals surface area contributed by atoms with E-state index in [9.17, 15) is 4.79 Å². The van der Waals surface area contributed by atoms with Crippen molar-refractivity contribution < 1.29 is 9.53 Å². The highest BCUT2D eigenvalue weighted by atomic mass is 16.5. The predicted octanol–water partition coefficient (Wildman–Crippen LogP) is 2.90. The Morgan fingerprint density at radius 1 is 1.21 bits per heavy atom. The molecule has 0 bridgehead atoms. The van der Waals surface area contributed by atoms with Crippen molar-refractivity contribution in [3.63, 3.8) is 0 Å². The van der Waals surface area contributed by atoms with E-state index in [1.54, 1.807) is 19.3 Å². The van der Waals surface area contributed by atoms with Crippen LogP contribution < -0.4 is 10.2 Å². The van der Waals surface area contributed by atoms with Gasteiger partial charge in [0.25, 0.3) is 0 Å². The first-order valence-electron chi connectivity index (χ1n) is 10.2. The zero-order valence-corrected chi connectivity index (χ0v) is 17.0. The number of carbonyl (C=O) groups excluding carboxylic acids is 1. The molecule has 0 unspecified atom stereocenters. The lowest BCUT2D eigenvalue weighted by molar-refractivity contribution is 0.0525. The molecule has 0 atom stereocenters. The molecule has 152 valence electrons. The second-order valence-corrected chi connectivity index (χ2v) is 7.42. The standard InChI is InChI=1S/C22H27N5O2/c1-3-29-21(28)16-12-24-22(25-13-16)27-10-8-18(9-11-27)23-14-17-15-26(2)20-7-5-4-6-19(17)20/h4-7,12-13,15,18,23H,3,8-11,14H2,1-2H3. The summed E-state index contributed by atoms with van der Waals surface area (Å²) >= 11 is 0. The number of para-hydroxylation sites is 1. The first-order chi connectivity index (χ1) is 14.2. The summed E-state index contributed by atoms with van der Waals surface area (Å²) in [6.45, 7) is 4.79. The van der Waals surface area contributed by atoms with E-state index < -0.39 is 0 Å². The van der Waals surface area contributed by atoms with E-state index >= 15 is 0 Å². The third kappa shape index (κ3) is 4.24. The Morgan fingerprint density at radius 3 is 2.66 bits per heavy atom. The maximum absolute atomic E-state index is 11.7. The molecule has 1 N–H and O–H groups in total. The molecule has 1 aromatic carbocycles. The van der Waals surface area contributed by atoms with Crippen LogP contribution in [0.5, 0.6) is 0 Å². The van der Waals surface area contributed by atoms with Gasteiger partial charge in [-0.25, -0.2) is 14.8 Å². The number of hydrogen-bond donors (Lipinski definition) is 1. The minimum atomic E-state index is -0.379. The lowest BCUT2D eigenvalue weighted by atomic mass is 10.0. The van der Waals surface area contributed by atoms with E-state index in [1.807, 2.05) is 0 Å². The molecule has 0 radical (unpaired) electrons. The first kappa shape index (κ1) is 19.4. The fourth-order valence-corrected chi connectivity index (χ4v) is 3.91. The van der Waals surface area contributed by atoms with Crippen LogP contribution in [0.1, 0.15) is 35.7 Å². The number of ether oxygens (including phenoxy) is 1. The van der Waals surface area contributed by atoms with Crippen molar-refractivity contribution in [3.8, 4) is 0 Å². The summed E-state index contributed by atoms with van der Waals surface area (Å²) in [5.74, 6) is 0.293. The van der Waals surface area contributed by atoms with E-state index in [0.29, 0.717) is 24.2 Å². The average molecular weight is 393 g/mol. The van der Waals surface area contributed by atoms with Crippen molar-refractivity contribution in [1.29, 1.82) is 0 Å². The van der Waals surface area contributed by atoms with E-state index in [2.05, 4.69) is 62.3 Å². The number of nitrogens with zero attached hydrogens (tertiary/aromatic N) is 4. The molecule has 7 heteroatoms. The van der Waals surface area contributed by atoms with Crippen molar-refractivity contribution in [1.82, 2.24) is 19.9 Å². The minimum Gasteiger partial charge on any atom is -0.462 e. The predicted molar refractivity (Wildman–Crippen MR) is 113 cm³/mol. The van der Waals surface area contributed by atoms with Gasteiger partial charge >= 0.3 is 5.97 Å². The molecule has 0 saturated carbocycles. The zero-order valence-electron chi connectivity index (χ0n) is 17.0. The Labute approximate surface area is 170 Å². The minimum absolute atomic E-state index is 0.347. The smallest absolute Gasteiger partial charge is 0.341 e. The van der Waals surface area contributed by atoms with Crippen LogP contribution >= 0.6 is 0 Å². The van der Waals surface area contributed by atoms with Crippen LogP contribution in [0.3, 0.4) is 0 Å². The molecule has 0 amide bonds. The molecule has 1 fully saturated rings. The van der Waals surface area contributed by atoms with Crippen molar-refractivity contribution in [2.45, 2.75) is 32.4 Å². The first-order valence-corrected chi connectivity index (χ1v) is 10.2. The molecule has 3 aromatic rings. The average Bonchev–Trinajstić information content (AvgIpc) is 3.09. The fourth-order valence-electron chi connectivity index (χ4n) is 3.91. The van der Waals surface area contributed by atoms with Crippen LogP contribution in [-0.4, -0.2) is 46.2 Å². The van der Waals surface area contributed by atoms with Crippen LogP contribution in [0.25, 0.3) is 10.9 Å². The topological polar surface area (TPSA) is 72.3 Å². The van der Waals surface area contributed by atoms with Gasteiger partial charge in [0.05, 0.1) is 12.2 Å². The number of carbonyl (C=O) groups is 1. The van der Waals surface area contributed by atoms with E-state index in [4.69, 9.17) is 4.74 Å². The Morgan fingerprint density at radius 2 is 1.93 bits per heavy atom. The highest BCUT2D eigenvalue weighted by Crippen LogP contribution is 2.21. The lowest BCUT2D eigenvalue weighted by Gasteiger charge is -2.32. The number of nitrogens with one attached hydrogen (secondary N) is 1. The van der Waals surface area contributed by atoms with Crippen molar-refractivity contribution in [2.75, 3.05) is 24.6 Å². The summed E-state index contributed by atoms with van der Waals surface area (Å²) in [5, 5.41) is 5.03. The molecular formula is C22H27N5O2. The second kappa shape index (κ2) is 8.61. The molecule has 0 aliphatic carbocycles. The van der Waals surface area contributed by atoms with Gasteiger partial charge in [-0.05, 0) is 31.4 Å². The van der Waals surface area contributed by atoms with Crippen molar-refractivity contribution in [2.24, 2.45) is 7.05 Å². The van der Waals surface area contributed by atoms with Crippen molar-refractivity contribution >= 4 is 22.8 Å². The number of aryl methyl sites for hydroxylation is 1. The number of fused-ring (bicyclic) bond motifs is 1. The van der Waals surface area contributed by atoms with Crippen LogP contribution in [0.15, 0.2) is 42.9 Å². The van der Waals surface area contributed by atoms with Gasteiger partial charge in [-0.15, -0.1) is 0 Å². The summed E-state index contributed by atoms with van der Waals surface area (Å²) in [7, 11) is 2.09. The van der Waals surface area contributed by atoms with Gasteiger partial charge in [0.1, 0.15) is 0 Å². The van der Waals surface area contributed by atoms with Gasteiger partial charge in [-0.2, -0.15) is 0 Å². The maximum Gasteiger partial charge on any atom is 0.341 e. The summed E-state index contributed by atoms with van der Waals surface area (Å²) in [5.41, 5.74) is 2.99.